The summed E-state index contributed by atoms with van der Waals surface area (Å²) in [4.78, 5) is 0. The van der Waals surface area contributed by atoms with Crippen molar-refractivity contribution in [2.75, 3.05) is 13.2 Å². The summed E-state index contributed by atoms with van der Waals surface area (Å²) in [5.41, 5.74) is 11.1. The first kappa shape index (κ1) is 13.8. The van der Waals surface area contributed by atoms with Crippen molar-refractivity contribution in [3.8, 4) is 0 Å². The SMILES string of the molecule is CCCCOC1OC(CN)C(O)C(O)C1N. The second-order valence-corrected chi connectivity index (χ2v) is 4.06. The lowest BCUT2D eigenvalue weighted by Gasteiger charge is -2.40. The van der Waals surface area contributed by atoms with E-state index in [2.05, 4.69) is 0 Å². The van der Waals surface area contributed by atoms with E-state index in [1.54, 1.807) is 0 Å². The van der Waals surface area contributed by atoms with Gasteiger partial charge in [-0.2, -0.15) is 0 Å². The van der Waals surface area contributed by atoms with E-state index in [0.29, 0.717) is 6.61 Å². The fourth-order valence-electron chi connectivity index (χ4n) is 1.64. The molecule has 16 heavy (non-hydrogen) atoms. The van der Waals surface area contributed by atoms with Crippen LogP contribution >= 0.6 is 0 Å². The van der Waals surface area contributed by atoms with Gasteiger partial charge in [0.05, 0.1) is 6.04 Å². The van der Waals surface area contributed by atoms with Crippen LogP contribution < -0.4 is 11.5 Å². The Bertz CT molecular complexity index is 203. The van der Waals surface area contributed by atoms with E-state index in [1.807, 2.05) is 6.92 Å². The molecule has 1 aliphatic rings. The maximum atomic E-state index is 9.68. The van der Waals surface area contributed by atoms with Crippen LogP contribution in [0.1, 0.15) is 19.8 Å². The third-order valence-electron chi connectivity index (χ3n) is 2.76. The quantitative estimate of drug-likeness (QED) is 0.432. The number of hydrogen-bond acceptors (Lipinski definition) is 6. The van der Waals surface area contributed by atoms with Crippen LogP contribution in [0.2, 0.25) is 0 Å². The normalized spacial score (nSPS) is 39.9. The number of hydrogen-bond donors (Lipinski definition) is 4. The minimum Gasteiger partial charge on any atom is -0.388 e. The fourth-order valence-corrected chi connectivity index (χ4v) is 1.64. The molecule has 96 valence electrons. The van der Waals surface area contributed by atoms with Crippen LogP contribution in [0.4, 0.5) is 0 Å². The summed E-state index contributed by atoms with van der Waals surface area (Å²) in [6, 6.07) is -0.741. The summed E-state index contributed by atoms with van der Waals surface area (Å²) in [6.07, 6.45) is -1.52. The Morgan fingerprint density at radius 3 is 2.56 bits per heavy atom. The van der Waals surface area contributed by atoms with Crippen LogP contribution in [-0.4, -0.2) is 54.0 Å². The van der Waals surface area contributed by atoms with Crippen molar-refractivity contribution in [1.29, 1.82) is 0 Å². The topological polar surface area (TPSA) is 111 Å². The maximum Gasteiger partial charge on any atom is 0.175 e. The van der Waals surface area contributed by atoms with Gasteiger partial charge in [0.15, 0.2) is 6.29 Å². The van der Waals surface area contributed by atoms with Gasteiger partial charge in [-0.15, -0.1) is 0 Å². The van der Waals surface area contributed by atoms with Crippen LogP contribution in [-0.2, 0) is 9.47 Å². The number of rotatable bonds is 5. The Labute approximate surface area is 95.5 Å². The van der Waals surface area contributed by atoms with Crippen LogP contribution in [0.3, 0.4) is 0 Å². The van der Waals surface area contributed by atoms with E-state index >= 15 is 0 Å². The summed E-state index contributed by atoms with van der Waals surface area (Å²) in [5.74, 6) is 0. The van der Waals surface area contributed by atoms with Crippen molar-refractivity contribution in [2.45, 2.75) is 50.4 Å². The molecular weight excluding hydrogens is 212 g/mol. The molecular formula is C10H22N2O4. The highest BCUT2D eigenvalue weighted by Crippen LogP contribution is 2.20. The van der Waals surface area contributed by atoms with Gasteiger partial charge in [-0.3, -0.25) is 0 Å². The second kappa shape index (κ2) is 6.48. The molecule has 5 unspecified atom stereocenters. The second-order valence-electron chi connectivity index (χ2n) is 4.06. The van der Waals surface area contributed by atoms with Crippen molar-refractivity contribution in [1.82, 2.24) is 0 Å². The molecule has 6 nitrogen and oxygen atoms in total. The lowest BCUT2D eigenvalue weighted by Crippen LogP contribution is -2.63. The molecule has 1 saturated heterocycles. The average molecular weight is 234 g/mol. The molecule has 0 aliphatic carbocycles. The molecule has 0 spiro atoms. The molecule has 0 amide bonds. The first-order valence-electron chi connectivity index (χ1n) is 5.70. The van der Waals surface area contributed by atoms with Crippen molar-refractivity contribution >= 4 is 0 Å². The van der Waals surface area contributed by atoms with Crippen molar-refractivity contribution in [2.24, 2.45) is 11.5 Å². The van der Waals surface area contributed by atoms with Gasteiger partial charge < -0.3 is 31.2 Å². The highest BCUT2D eigenvalue weighted by Gasteiger charge is 2.42. The first-order valence-corrected chi connectivity index (χ1v) is 5.70. The predicted molar refractivity (Wildman–Crippen MR) is 58.6 cm³/mol. The lowest BCUT2D eigenvalue weighted by atomic mass is 9.97. The molecule has 0 radical (unpaired) electrons. The first-order chi connectivity index (χ1) is 7.61. The third-order valence-corrected chi connectivity index (χ3v) is 2.76. The zero-order valence-corrected chi connectivity index (χ0v) is 9.58. The van der Waals surface area contributed by atoms with Gasteiger partial charge in [0.25, 0.3) is 0 Å². The number of ether oxygens (including phenoxy) is 2. The third kappa shape index (κ3) is 3.13. The molecule has 1 heterocycles. The summed E-state index contributed by atoms with van der Waals surface area (Å²) in [6.45, 7) is 2.69. The standard InChI is InChI=1S/C10H22N2O4/c1-2-3-4-15-10-7(12)9(14)8(13)6(5-11)16-10/h6-10,13-14H,2-5,11-12H2,1H3. The van der Waals surface area contributed by atoms with Gasteiger partial charge in [0.1, 0.15) is 18.3 Å². The largest absolute Gasteiger partial charge is 0.388 e. The van der Waals surface area contributed by atoms with Crippen molar-refractivity contribution in [3.63, 3.8) is 0 Å². The number of unbranched alkanes of at least 4 members (excludes halogenated alkanes) is 1. The van der Waals surface area contributed by atoms with Gasteiger partial charge in [-0.25, -0.2) is 0 Å². The van der Waals surface area contributed by atoms with Gasteiger partial charge in [0.2, 0.25) is 0 Å². The smallest absolute Gasteiger partial charge is 0.175 e. The Hall–Kier alpha value is -0.240. The molecule has 0 saturated carbocycles. The minimum atomic E-state index is -1.06. The van der Waals surface area contributed by atoms with Crippen LogP contribution in [0.15, 0.2) is 0 Å². The van der Waals surface area contributed by atoms with Gasteiger partial charge >= 0.3 is 0 Å². The monoisotopic (exact) mass is 234 g/mol. The Balaban J connectivity index is 2.50. The number of aliphatic hydroxyl groups excluding tert-OH is 2. The van der Waals surface area contributed by atoms with E-state index < -0.39 is 30.6 Å². The van der Waals surface area contributed by atoms with E-state index in [0.717, 1.165) is 12.8 Å². The fraction of sp³-hybridized carbons (Fsp3) is 1.00. The van der Waals surface area contributed by atoms with Gasteiger partial charge in [-0.05, 0) is 6.42 Å². The maximum absolute atomic E-state index is 9.68. The molecule has 0 aromatic heterocycles. The Morgan fingerprint density at radius 1 is 1.31 bits per heavy atom. The van der Waals surface area contributed by atoms with Crippen molar-refractivity contribution < 1.29 is 19.7 Å². The predicted octanol–water partition coefficient (Wildman–Crippen LogP) is -1.46. The molecule has 1 fully saturated rings. The van der Waals surface area contributed by atoms with E-state index in [4.69, 9.17) is 20.9 Å². The Kier molecular flexibility index (Phi) is 5.60. The van der Waals surface area contributed by atoms with E-state index in [1.165, 1.54) is 0 Å². The van der Waals surface area contributed by atoms with E-state index in [-0.39, 0.29) is 6.54 Å². The molecule has 0 bridgehead atoms. The van der Waals surface area contributed by atoms with Crippen LogP contribution in [0, 0.1) is 0 Å². The molecule has 6 N–H and O–H groups in total. The Morgan fingerprint density at radius 2 is 2.00 bits per heavy atom. The van der Waals surface area contributed by atoms with Crippen molar-refractivity contribution in [3.05, 3.63) is 0 Å². The molecule has 5 atom stereocenters. The zero-order chi connectivity index (χ0) is 12.1. The van der Waals surface area contributed by atoms with Crippen LogP contribution in [0.5, 0.6) is 0 Å². The molecule has 0 aromatic rings. The summed E-state index contributed by atoms with van der Waals surface area (Å²) >= 11 is 0. The highest BCUT2D eigenvalue weighted by atomic mass is 16.7. The number of aliphatic hydroxyl groups is 2. The molecule has 0 aromatic carbocycles. The molecule has 1 rings (SSSR count). The number of nitrogens with two attached hydrogens (primary N) is 2. The molecule has 6 heteroatoms. The minimum absolute atomic E-state index is 0.124. The lowest BCUT2D eigenvalue weighted by molar-refractivity contribution is -0.257. The average Bonchev–Trinajstić information content (AvgIpc) is 2.29. The zero-order valence-electron chi connectivity index (χ0n) is 9.58. The highest BCUT2D eigenvalue weighted by molar-refractivity contribution is 4.91. The summed E-state index contributed by atoms with van der Waals surface area (Å²) < 4.78 is 10.8. The molecule has 1 aliphatic heterocycles. The summed E-state index contributed by atoms with van der Waals surface area (Å²) in [5, 5.41) is 19.3. The summed E-state index contributed by atoms with van der Waals surface area (Å²) in [7, 11) is 0. The van der Waals surface area contributed by atoms with Gasteiger partial charge in [0, 0.05) is 13.2 Å². The van der Waals surface area contributed by atoms with Gasteiger partial charge in [-0.1, -0.05) is 13.3 Å². The van der Waals surface area contributed by atoms with Crippen LogP contribution in [0.25, 0.3) is 0 Å². The van der Waals surface area contributed by atoms with E-state index in [9.17, 15) is 10.2 Å².